The van der Waals surface area contributed by atoms with Crippen LogP contribution in [0.15, 0.2) is 42.5 Å². The summed E-state index contributed by atoms with van der Waals surface area (Å²) in [5.41, 5.74) is -3.64. The molecule has 3 aromatic carbocycles. The molecule has 0 spiro atoms. The summed E-state index contributed by atoms with van der Waals surface area (Å²) in [5, 5.41) is 10.8. The van der Waals surface area contributed by atoms with Gasteiger partial charge in [0.05, 0.1) is 13.2 Å². The zero-order chi connectivity index (χ0) is 33.4. The van der Waals surface area contributed by atoms with Crippen LogP contribution in [0.25, 0.3) is 11.1 Å². The molecule has 3 aromatic rings. The molecule has 246 valence electrons. The van der Waals surface area contributed by atoms with Gasteiger partial charge in [-0.2, -0.15) is 8.78 Å². The third kappa shape index (κ3) is 7.82. The van der Waals surface area contributed by atoms with Crippen LogP contribution in [0.4, 0.5) is 43.9 Å². The molecule has 0 saturated carbocycles. The van der Waals surface area contributed by atoms with Crippen molar-refractivity contribution in [1.29, 1.82) is 0 Å². The van der Waals surface area contributed by atoms with E-state index < -0.39 is 81.1 Å². The number of unbranched alkanes of at least 4 members (excludes halogenated alkanes) is 2. The molecule has 0 amide bonds. The zero-order valence-corrected chi connectivity index (χ0v) is 23.6. The fourth-order valence-electron chi connectivity index (χ4n) is 4.70. The monoisotopic (exact) mass is 656 g/mol. The topological polar surface area (TPSA) is 57.2 Å². The molecule has 0 unspecified atom stereocenters. The maximum Gasteiger partial charge on any atom is 0.573 e. The number of aliphatic hydroxyl groups is 1. The van der Waals surface area contributed by atoms with E-state index in [4.69, 9.17) is 9.47 Å². The van der Waals surface area contributed by atoms with Gasteiger partial charge >= 0.3 is 18.4 Å². The lowest BCUT2D eigenvalue weighted by atomic mass is 9.85. The second-order valence-electron chi connectivity index (χ2n) is 10.8. The lowest BCUT2D eigenvalue weighted by Crippen LogP contribution is -2.46. The first-order chi connectivity index (χ1) is 20.9. The number of rotatable bonds is 10. The van der Waals surface area contributed by atoms with Gasteiger partial charge in [-0.15, -0.1) is 13.2 Å². The fourth-order valence-corrected chi connectivity index (χ4v) is 4.70. The zero-order valence-electron chi connectivity index (χ0n) is 23.6. The maximum atomic E-state index is 15.1. The first-order valence-corrected chi connectivity index (χ1v) is 13.5. The minimum atomic E-state index is -5.52. The van der Waals surface area contributed by atoms with Crippen molar-refractivity contribution in [1.82, 2.24) is 0 Å². The molecule has 45 heavy (non-hydrogen) atoms. The van der Waals surface area contributed by atoms with Gasteiger partial charge in [0.2, 0.25) is 5.75 Å². The average molecular weight is 657 g/mol. The van der Waals surface area contributed by atoms with Crippen molar-refractivity contribution >= 4 is 0 Å². The van der Waals surface area contributed by atoms with Crippen LogP contribution < -0.4 is 9.47 Å². The largest absolute Gasteiger partial charge is 0.573 e. The minimum Gasteiger partial charge on any atom is -0.429 e. The van der Waals surface area contributed by atoms with Crippen molar-refractivity contribution in [2.75, 3.05) is 13.2 Å². The van der Waals surface area contributed by atoms with Crippen LogP contribution in [0.2, 0.25) is 0 Å². The number of alkyl halides is 5. The third-order valence-electron chi connectivity index (χ3n) is 7.03. The summed E-state index contributed by atoms with van der Waals surface area (Å²) in [6, 6.07) is 3.38. The van der Waals surface area contributed by atoms with Gasteiger partial charge < -0.3 is 24.1 Å². The van der Waals surface area contributed by atoms with Gasteiger partial charge in [-0.25, -0.2) is 22.0 Å². The highest BCUT2D eigenvalue weighted by Gasteiger charge is 2.44. The molecule has 0 bridgehead atoms. The normalized spacial score (nSPS) is 20.7. The van der Waals surface area contributed by atoms with Crippen molar-refractivity contribution in [2.24, 2.45) is 5.41 Å². The molecule has 0 radical (unpaired) electrons. The molecular formula is C30H26F10O5. The summed E-state index contributed by atoms with van der Waals surface area (Å²) in [7, 11) is 0. The van der Waals surface area contributed by atoms with Crippen molar-refractivity contribution in [3.05, 3.63) is 82.7 Å². The molecule has 5 nitrogen and oxygen atoms in total. The van der Waals surface area contributed by atoms with Crippen LogP contribution in [0, 0.1) is 34.5 Å². The summed E-state index contributed by atoms with van der Waals surface area (Å²) in [5.74, 6) is -15.0. The summed E-state index contributed by atoms with van der Waals surface area (Å²) < 4.78 is 157. The summed E-state index contributed by atoms with van der Waals surface area (Å²) in [4.78, 5) is 0. The SMILES string of the molecule is CCCCCC1(C)COC(O)(c2ccc(-c3cc(F)c(C(F)(F)Oc4cc(F)c(OC(F)(F)F)c(F)c4)c(F)c3)c(F)c2)OC1. The second-order valence-corrected chi connectivity index (χ2v) is 10.8. The Morgan fingerprint density at radius 1 is 0.778 bits per heavy atom. The van der Waals surface area contributed by atoms with E-state index >= 15 is 4.39 Å². The maximum absolute atomic E-state index is 15.1. The number of ether oxygens (including phenoxy) is 4. The van der Waals surface area contributed by atoms with Crippen LogP contribution in [-0.2, 0) is 21.6 Å². The number of hydrogen-bond donors (Lipinski definition) is 1. The van der Waals surface area contributed by atoms with Crippen LogP contribution in [0.5, 0.6) is 11.5 Å². The third-order valence-corrected chi connectivity index (χ3v) is 7.03. The van der Waals surface area contributed by atoms with E-state index in [1.807, 2.05) is 13.8 Å². The Hall–Kier alpha value is -3.56. The van der Waals surface area contributed by atoms with E-state index in [1.165, 1.54) is 0 Å². The Balaban J connectivity index is 1.54. The van der Waals surface area contributed by atoms with Gasteiger partial charge in [0.1, 0.15) is 28.8 Å². The van der Waals surface area contributed by atoms with Crippen LogP contribution >= 0.6 is 0 Å². The van der Waals surface area contributed by atoms with Gasteiger partial charge in [0.15, 0.2) is 11.6 Å². The number of halogens is 10. The van der Waals surface area contributed by atoms with Gasteiger partial charge in [-0.1, -0.05) is 45.2 Å². The summed E-state index contributed by atoms with van der Waals surface area (Å²) in [6.07, 6.45) is -6.80. The lowest BCUT2D eigenvalue weighted by Gasteiger charge is -2.42. The van der Waals surface area contributed by atoms with Gasteiger partial charge in [0, 0.05) is 28.7 Å². The molecule has 0 atom stereocenters. The smallest absolute Gasteiger partial charge is 0.429 e. The molecule has 0 aromatic heterocycles. The van der Waals surface area contributed by atoms with E-state index in [-0.39, 0.29) is 30.9 Å². The first kappa shape index (κ1) is 34.3. The van der Waals surface area contributed by atoms with E-state index in [1.54, 1.807) is 0 Å². The van der Waals surface area contributed by atoms with E-state index in [0.29, 0.717) is 12.1 Å². The van der Waals surface area contributed by atoms with E-state index in [2.05, 4.69) is 9.47 Å². The van der Waals surface area contributed by atoms with E-state index in [0.717, 1.165) is 43.9 Å². The predicted octanol–water partition coefficient (Wildman–Crippen LogP) is 8.81. The highest BCUT2D eigenvalue weighted by atomic mass is 19.4. The van der Waals surface area contributed by atoms with Crippen molar-refractivity contribution in [2.45, 2.75) is 58.0 Å². The summed E-state index contributed by atoms with van der Waals surface area (Å²) in [6.45, 7) is 4.14. The first-order valence-electron chi connectivity index (χ1n) is 13.5. The van der Waals surface area contributed by atoms with Gasteiger partial charge in [-0.05, 0) is 30.2 Å². The molecule has 1 aliphatic heterocycles. The van der Waals surface area contributed by atoms with Crippen molar-refractivity contribution < 1.29 is 68.0 Å². The molecule has 1 fully saturated rings. The highest BCUT2D eigenvalue weighted by Crippen LogP contribution is 2.41. The van der Waals surface area contributed by atoms with E-state index in [9.17, 15) is 44.6 Å². The Morgan fingerprint density at radius 2 is 1.36 bits per heavy atom. The van der Waals surface area contributed by atoms with Crippen LogP contribution in [0.3, 0.4) is 0 Å². The predicted molar refractivity (Wildman–Crippen MR) is 137 cm³/mol. The fraction of sp³-hybridized carbons (Fsp3) is 0.400. The lowest BCUT2D eigenvalue weighted by molar-refractivity contribution is -0.415. The Labute approximate surface area is 250 Å². The summed E-state index contributed by atoms with van der Waals surface area (Å²) >= 11 is 0. The molecule has 4 rings (SSSR count). The Kier molecular flexibility index (Phi) is 9.67. The molecule has 1 aliphatic rings. The molecule has 0 aliphatic carbocycles. The number of hydrogen-bond acceptors (Lipinski definition) is 5. The highest BCUT2D eigenvalue weighted by molar-refractivity contribution is 5.65. The molecule has 1 N–H and O–H groups in total. The Bertz CT molecular complexity index is 1490. The number of benzene rings is 3. The average Bonchev–Trinajstić information content (AvgIpc) is 2.91. The van der Waals surface area contributed by atoms with Crippen LogP contribution in [-0.4, -0.2) is 24.7 Å². The quantitative estimate of drug-likeness (QED) is 0.175. The van der Waals surface area contributed by atoms with Gasteiger partial charge in [0.25, 0.3) is 0 Å². The Morgan fingerprint density at radius 3 is 1.87 bits per heavy atom. The second kappa shape index (κ2) is 12.7. The molecule has 15 heteroatoms. The van der Waals surface area contributed by atoms with Crippen LogP contribution in [0.1, 0.15) is 50.7 Å². The minimum absolute atomic E-state index is 0.0928. The van der Waals surface area contributed by atoms with Crippen molar-refractivity contribution in [3.63, 3.8) is 0 Å². The molecule has 1 saturated heterocycles. The standard InChI is InChI=1S/C30H26F10O5/c1-3-4-5-8-27(2)14-42-29(41,43-15-27)17-6-7-19(20(31)11-17)16-9-21(32)25(22(33)10-16)28(36,37)44-18-12-23(34)26(24(35)13-18)45-30(38,39)40/h6-7,9-13,41H,3-5,8,14-15H2,1-2H3. The molecular weight excluding hydrogens is 630 g/mol. The van der Waals surface area contributed by atoms with Crippen molar-refractivity contribution in [3.8, 4) is 22.6 Å². The van der Waals surface area contributed by atoms with Gasteiger partial charge in [-0.3, -0.25) is 0 Å². The molecule has 1 heterocycles.